The first-order chi connectivity index (χ1) is 12.8. The van der Waals surface area contributed by atoms with Crippen molar-refractivity contribution in [3.63, 3.8) is 0 Å². The summed E-state index contributed by atoms with van der Waals surface area (Å²) in [6.07, 6.45) is 15.8. The van der Waals surface area contributed by atoms with Crippen molar-refractivity contribution < 1.29 is 0 Å². The molecule has 4 nitrogen and oxygen atoms in total. The Morgan fingerprint density at radius 2 is 1.77 bits per heavy atom. The molecular weight excluding hydrogens is 320 g/mol. The van der Waals surface area contributed by atoms with Gasteiger partial charge in [-0.1, -0.05) is 32.1 Å². The molecule has 3 rings (SSSR count). The van der Waals surface area contributed by atoms with Crippen molar-refractivity contribution in [2.75, 3.05) is 6.54 Å². The second kappa shape index (κ2) is 9.48. The van der Waals surface area contributed by atoms with Gasteiger partial charge in [0.1, 0.15) is 5.65 Å². The molecule has 26 heavy (non-hydrogen) atoms. The van der Waals surface area contributed by atoms with Crippen LogP contribution in [0.4, 0.5) is 0 Å². The Kier molecular flexibility index (Phi) is 6.78. The maximum Gasteiger partial charge on any atom is 0.137 e. The third kappa shape index (κ3) is 4.70. The summed E-state index contributed by atoms with van der Waals surface area (Å²) < 4.78 is 2.25. The molecule has 0 aromatic carbocycles. The van der Waals surface area contributed by atoms with Gasteiger partial charge in [-0.3, -0.25) is 4.98 Å². The van der Waals surface area contributed by atoms with E-state index in [1.807, 2.05) is 18.5 Å². The molecule has 3 heterocycles. The zero-order valence-electron chi connectivity index (χ0n) is 15.8. The molecule has 0 aliphatic rings. The van der Waals surface area contributed by atoms with Crippen molar-refractivity contribution in [1.82, 2.24) is 14.4 Å². The van der Waals surface area contributed by atoms with Crippen LogP contribution in [-0.4, -0.2) is 20.9 Å². The van der Waals surface area contributed by atoms with Gasteiger partial charge in [-0.25, -0.2) is 4.98 Å². The summed E-state index contributed by atoms with van der Waals surface area (Å²) in [5.41, 5.74) is 11.3. The van der Waals surface area contributed by atoms with Crippen LogP contribution >= 0.6 is 0 Å². The van der Waals surface area contributed by atoms with E-state index in [4.69, 9.17) is 10.7 Å². The summed E-state index contributed by atoms with van der Waals surface area (Å²) in [5.74, 6) is 0. The third-order valence-electron chi connectivity index (χ3n) is 4.93. The van der Waals surface area contributed by atoms with Crippen LogP contribution in [-0.2, 0) is 6.42 Å². The molecule has 0 aliphatic carbocycles. The molecule has 2 N–H and O–H groups in total. The van der Waals surface area contributed by atoms with E-state index in [0.29, 0.717) is 0 Å². The minimum Gasteiger partial charge on any atom is -0.330 e. The maximum atomic E-state index is 5.55. The van der Waals surface area contributed by atoms with Crippen LogP contribution in [0, 0.1) is 6.92 Å². The summed E-state index contributed by atoms with van der Waals surface area (Å²) in [5, 5.41) is 0. The maximum absolute atomic E-state index is 5.55. The molecular formula is C22H30N4. The smallest absolute Gasteiger partial charge is 0.137 e. The van der Waals surface area contributed by atoms with Crippen molar-refractivity contribution in [2.24, 2.45) is 5.73 Å². The molecule has 0 saturated heterocycles. The van der Waals surface area contributed by atoms with Gasteiger partial charge in [0.2, 0.25) is 0 Å². The molecule has 0 radical (unpaired) electrons. The Bertz CT molecular complexity index is 808. The molecule has 0 saturated carbocycles. The van der Waals surface area contributed by atoms with E-state index in [1.165, 1.54) is 49.8 Å². The average molecular weight is 351 g/mol. The van der Waals surface area contributed by atoms with E-state index in [9.17, 15) is 0 Å². The van der Waals surface area contributed by atoms with Crippen LogP contribution in [0.25, 0.3) is 16.9 Å². The first kappa shape index (κ1) is 18.6. The number of unbranched alkanes of at least 4 members (excludes halogenated alkanes) is 6. The largest absolute Gasteiger partial charge is 0.330 e. The fourth-order valence-electron chi connectivity index (χ4n) is 3.49. The number of aryl methyl sites for hydroxylation is 2. The summed E-state index contributed by atoms with van der Waals surface area (Å²) in [6, 6.07) is 8.39. The molecule has 3 aromatic heterocycles. The topological polar surface area (TPSA) is 56.2 Å². The highest BCUT2D eigenvalue weighted by Crippen LogP contribution is 2.26. The minimum atomic E-state index is 0.824. The van der Waals surface area contributed by atoms with Crippen molar-refractivity contribution in [1.29, 1.82) is 0 Å². The van der Waals surface area contributed by atoms with Gasteiger partial charge in [0.15, 0.2) is 0 Å². The molecule has 0 fully saturated rings. The number of pyridine rings is 2. The van der Waals surface area contributed by atoms with Gasteiger partial charge < -0.3 is 10.1 Å². The van der Waals surface area contributed by atoms with Gasteiger partial charge in [-0.15, -0.1) is 0 Å². The Morgan fingerprint density at radius 3 is 2.50 bits per heavy atom. The highest BCUT2D eigenvalue weighted by Gasteiger charge is 2.14. The number of rotatable bonds is 10. The number of hydrogen-bond donors (Lipinski definition) is 1. The lowest BCUT2D eigenvalue weighted by atomic mass is 10.0. The van der Waals surface area contributed by atoms with Crippen LogP contribution in [0.5, 0.6) is 0 Å². The van der Waals surface area contributed by atoms with E-state index in [0.717, 1.165) is 36.3 Å². The molecule has 0 spiro atoms. The Hall–Kier alpha value is -2.20. The minimum absolute atomic E-state index is 0.824. The standard InChI is InChI=1S/C22H30N4/c1-18-12-15-26-20(11-7-5-3-2-4-6-8-13-23)22(25-21(26)16-18)19-10-9-14-24-17-19/h9-10,12,14-17H,2-8,11,13,23H2,1H3. The molecule has 138 valence electrons. The van der Waals surface area contributed by atoms with Crippen molar-refractivity contribution in [3.05, 3.63) is 54.1 Å². The van der Waals surface area contributed by atoms with Crippen LogP contribution in [0.1, 0.15) is 56.2 Å². The Morgan fingerprint density at radius 1 is 1.00 bits per heavy atom. The zero-order valence-corrected chi connectivity index (χ0v) is 15.8. The number of aromatic nitrogens is 3. The average Bonchev–Trinajstić information content (AvgIpc) is 3.02. The molecule has 0 amide bonds. The van der Waals surface area contributed by atoms with Crippen LogP contribution < -0.4 is 5.73 Å². The van der Waals surface area contributed by atoms with Gasteiger partial charge in [-0.05, 0) is 62.6 Å². The van der Waals surface area contributed by atoms with E-state index >= 15 is 0 Å². The quantitative estimate of drug-likeness (QED) is 0.527. The monoisotopic (exact) mass is 350 g/mol. The molecule has 4 heteroatoms. The predicted molar refractivity (Wildman–Crippen MR) is 108 cm³/mol. The summed E-state index contributed by atoms with van der Waals surface area (Å²) >= 11 is 0. The van der Waals surface area contributed by atoms with Gasteiger partial charge in [0.05, 0.1) is 11.4 Å². The zero-order chi connectivity index (χ0) is 18.2. The highest BCUT2D eigenvalue weighted by molar-refractivity contribution is 5.66. The second-order valence-electron chi connectivity index (χ2n) is 7.09. The van der Waals surface area contributed by atoms with Crippen molar-refractivity contribution in [2.45, 2.75) is 58.3 Å². The van der Waals surface area contributed by atoms with Crippen LogP contribution in [0.2, 0.25) is 0 Å². The highest BCUT2D eigenvalue weighted by atomic mass is 15.0. The fraction of sp³-hybridized carbons (Fsp3) is 0.455. The van der Waals surface area contributed by atoms with Gasteiger partial charge in [0, 0.05) is 24.2 Å². The number of hydrogen-bond acceptors (Lipinski definition) is 3. The predicted octanol–water partition coefficient (Wildman–Crippen LogP) is 4.94. The number of nitrogens with two attached hydrogens (primary N) is 1. The first-order valence-electron chi connectivity index (χ1n) is 9.87. The number of imidazole rings is 1. The van der Waals surface area contributed by atoms with Gasteiger partial charge >= 0.3 is 0 Å². The lowest BCUT2D eigenvalue weighted by Gasteiger charge is -2.06. The van der Waals surface area contributed by atoms with E-state index in [2.05, 4.69) is 40.7 Å². The normalized spacial score (nSPS) is 11.3. The fourth-order valence-corrected chi connectivity index (χ4v) is 3.49. The number of fused-ring (bicyclic) bond motifs is 1. The van der Waals surface area contributed by atoms with E-state index < -0.39 is 0 Å². The Labute approximate surface area is 156 Å². The van der Waals surface area contributed by atoms with Gasteiger partial charge in [0.25, 0.3) is 0 Å². The Balaban J connectivity index is 1.68. The SMILES string of the molecule is Cc1ccn2c(CCCCCCCCCN)c(-c3cccnc3)nc2c1. The first-order valence-corrected chi connectivity index (χ1v) is 9.87. The molecule has 0 aliphatic heterocycles. The van der Waals surface area contributed by atoms with E-state index in [-0.39, 0.29) is 0 Å². The summed E-state index contributed by atoms with van der Waals surface area (Å²) in [4.78, 5) is 9.18. The van der Waals surface area contributed by atoms with Crippen LogP contribution in [0.15, 0.2) is 42.9 Å². The number of nitrogens with zero attached hydrogens (tertiary/aromatic N) is 3. The third-order valence-corrected chi connectivity index (χ3v) is 4.93. The summed E-state index contributed by atoms with van der Waals surface area (Å²) in [6.45, 7) is 2.94. The van der Waals surface area contributed by atoms with Crippen molar-refractivity contribution >= 4 is 5.65 Å². The molecule has 0 bridgehead atoms. The summed E-state index contributed by atoms with van der Waals surface area (Å²) in [7, 11) is 0. The van der Waals surface area contributed by atoms with Crippen LogP contribution in [0.3, 0.4) is 0 Å². The molecule has 0 atom stereocenters. The molecule has 3 aromatic rings. The van der Waals surface area contributed by atoms with E-state index in [1.54, 1.807) is 0 Å². The molecule has 0 unspecified atom stereocenters. The lowest BCUT2D eigenvalue weighted by molar-refractivity contribution is 0.580. The van der Waals surface area contributed by atoms with Crippen molar-refractivity contribution in [3.8, 4) is 11.3 Å². The lowest BCUT2D eigenvalue weighted by Crippen LogP contribution is -1.97. The van der Waals surface area contributed by atoms with Gasteiger partial charge in [-0.2, -0.15) is 0 Å². The second-order valence-corrected chi connectivity index (χ2v) is 7.09.